The molecule has 8 nitrogen and oxygen atoms in total. The number of anilines is 1. The topological polar surface area (TPSA) is 121 Å². The molecule has 4 aromatic heterocycles. The van der Waals surface area contributed by atoms with Gasteiger partial charge in [0.2, 0.25) is 0 Å². The number of alkyl halides is 2. The summed E-state index contributed by atoms with van der Waals surface area (Å²) in [6.07, 6.45) is -1.50. The first kappa shape index (κ1) is 24.5. The Morgan fingerprint density at radius 2 is 1.97 bits per heavy atom. The van der Waals surface area contributed by atoms with Crippen LogP contribution in [0.5, 0.6) is 5.75 Å². The van der Waals surface area contributed by atoms with Gasteiger partial charge in [-0.05, 0) is 42.5 Å². The van der Waals surface area contributed by atoms with Gasteiger partial charge >= 0.3 is 0 Å². The van der Waals surface area contributed by atoms with Crippen molar-refractivity contribution in [2.24, 2.45) is 5.73 Å². The van der Waals surface area contributed by atoms with E-state index in [0.29, 0.717) is 16.5 Å². The SMILES string of the molecule is NC(=O)c1sc2nc(C(F)F)cc(-c3ccco3)c2c1NC(=O)c1ccc(COc2ccccc2Cl)o1. The lowest BCUT2D eigenvalue weighted by atomic mass is 10.1. The summed E-state index contributed by atoms with van der Waals surface area (Å²) in [4.78, 5) is 29.3. The van der Waals surface area contributed by atoms with Crippen LogP contribution in [0.4, 0.5) is 14.5 Å². The number of nitrogens with zero attached hydrogens (tertiary/aromatic N) is 1. The maximum atomic E-state index is 13.5. The number of nitrogens with one attached hydrogen (secondary N) is 1. The van der Waals surface area contributed by atoms with Gasteiger partial charge in [0, 0.05) is 10.9 Å². The molecule has 0 fully saturated rings. The van der Waals surface area contributed by atoms with Crippen molar-refractivity contribution in [3.05, 3.63) is 88.0 Å². The van der Waals surface area contributed by atoms with E-state index >= 15 is 0 Å². The summed E-state index contributed by atoms with van der Waals surface area (Å²) < 4.78 is 43.7. The summed E-state index contributed by atoms with van der Waals surface area (Å²) in [5.74, 6) is -0.608. The Hall–Kier alpha value is -4.22. The molecule has 0 spiro atoms. The maximum Gasteiger partial charge on any atom is 0.291 e. The van der Waals surface area contributed by atoms with Crippen molar-refractivity contribution < 1.29 is 31.9 Å². The van der Waals surface area contributed by atoms with E-state index in [0.717, 1.165) is 17.4 Å². The van der Waals surface area contributed by atoms with Crippen molar-refractivity contribution in [2.45, 2.75) is 13.0 Å². The highest BCUT2D eigenvalue weighted by Crippen LogP contribution is 2.42. The molecule has 0 saturated carbocycles. The summed E-state index contributed by atoms with van der Waals surface area (Å²) in [5.41, 5.74) is 5.27. The highest BCUT2D eigenvalue weighted by molar-refractivity contribution is 7.21. The highest BCUT2D eigenvalue weighted by atomic mass is 35.5. The van der Waals surface area contributed by atoms with Gasteiger partial charge in [0.1, 0.15) is 39.3 Å². The fraction of sp³-hybridized carbons (Fsp3) is 0.0800. The fourth-order valence-electron chi connectivity index (χ4n) is 3.61. The number of furan rings is 2. The van der Waals surface area contributed by atoms with Gasteiger partial charge in [-0.2, -0.15) is 0 Å². The van der Waals surface area contributed by atoms with E-state index in [2.05, 4.69) is 10.3 Å². The third-order valence-electron chi connectivity index (χ3n) is 5.25. The molecule has 3 N–H and O–H groups in total. The summed E-state index contributed by atoms with van der Waals surface area (Å²) in [5, 5.41) is 3.28. The van der Waals surface area contributed by atoms with Crippen molar-refractivity contribution in [3.63, 3.8) is 0 Å². The number of primary amides is 1. The van der Waals surface area contributed by atoms with Gasteiger partial charge < -0.3 is 24.6 Å². The van der Waals surface area contributed by atoms with Gasteiger partial charge in [0.15, 0.2) is 5.76 Å². The number of halogens is 3. The van der Waals surface area contributed by atoms with Crippen molar-refractivity contribution in [1.82, 2.24) is 4.98 Å². The Labute approximate surface area is 216 Å². The minimum absolute atomic E-state index is 0.00784. The van der Waals surface area contributed by atoms with Gasteiger partial charge in [-0.3, -0.25) is 9.59 Å². The molecule has 2 amide bonds. The van der Waals surface area contributed by atoms with Gasteiger partial charge in [0.25, 0.3) is 18.2 Å². The second kappa shape index (κ2) is 10.0. The molecule has 0 aliphatic carbocycles. The minimum Gasteiger partial charge on any atom is -0.484 e. The van der Waals surface area contributed by atoms with Gasteiger partial charge in [-0.25, -0.2) is 13.8 Å². The predicted octanol–water partition coefficient (Wildman–Crippen LogP) is 6.67. The number of para-hydroxylation sites is 1. The van der Waals surface area contributed by atoms with Crippen LogP contribution in [-0.4, -0.2) is 16.8 Å². The van der Waals surface area contributed by atoms with Crippen molar-refractivity contribution in [1.29, 1.82) is 0 Å². The van der Waals surface area contributed by atoms with E-state index in [1.807, 2.05) is 0 Å². The first-order chi connectivity index (χ1) is 17.8. The van der Waals surface area contributed by atoms with Gasteiger partial charge in [0.05, 0.1) is 17.0 Å². The summed E-state index contributed by atoms with van der Waals surface area (Å²) in [6, 6.07) is 14.2. The standard InChI is InChI=1S/C25H16ClF2N3O5S/c26-14-4-1-2-5-17(14)35-11-12-7-8-18(36-12)24(33)31-20-19-13(16-6-3-9-34-16)10-15(22(27)28)30-25(19)37-21(20)23(29)32/h1-10,22H,11H2,(H2,29,32)(H,31,33). The number of benzene rings is 1. The lowest BCUT2D eigenvalue weighted by Crippen LogP contribution is -2.16. The first-order valence-corrected chi connectivity index (χ1v) is 11.9. The maximum absolute atomic E-state index is 13.5. The number of rotatable bonds is 8. The lowest BCUT2D eigenvalue weighted by molar-refractivity contribution is 0.0992. The Balaban J connectivity index is 1.48. The summed E-state index contributed by atoms with van der Waals surface area (Å²) >= 11 is 6.87. The van der Waals surface area contributed by atoms with Crippen LogP contribution in [0.1, 0.15) is 38.1 Å². The average Bonchev–Trinajstić information content (AvgIpc) is 3.63. The number of hydrogen-bond donors (Lipinski definition) is 2. The van der Waals surface area contributed by atoms with Crippen LogP contribution in [0.2, 0.25) is 5.02 Å². The van der Waals surface area contributed by atoms with E-state index in [1.165, 1.54) is 12.3 Å². The molecule has 12 heteroatoms. The molecule has 0 aliphatic rings. The number of carbonyl (C=O) groups is 2. The molecule has 5 aromatic rings. The van der Waals surface area contributed by atoms with Crippen LogP contribution in [0.15, 0.2) is 69.7 Å². The van der Waals surface area contributed by atoms with Crippen LogP contribution in [-0.2, 0) is 6.61 Å². The monoisotopic (exact) mass is 543 g/mol. The van der Waals surface area contributed by atoms with Crippen molar-refractivity contribution >= 4 is 50.7 Å². The number of ether oxygens (including phenoxy) is 1. The molecule has 37 heavy (non-hydrogen) atoms. The number of thiophene rings is 1. The Morgan fingerprint density at radius 3 is 2.68 bits per heavy atom. The van der Waals surface area contributed by atoms with E-state index in [1.54, 1.807) is 42.5 Å². The number of hydrogen-bond acceptors (Lipinski definition) is 7. The zero-order chi connectivity index (χ0) is 26.1. The van der Waals surface area contributed by atoms with Crippen LogP contribution >= 0.6 is 22.9 Å². The molecule has 0 aliphatic heterocycles. The first-order valence-electron chi connectivity index (χ1n) is 10.7. The van der Waals surface area contributed by atoms with E-state index in [-0.39, 0.29) is 44.5 Å². The van der Waals surface area contributed by atoms with Crippen LogP contribution in [0.3, 0.4) is 0 Å². The lowest BCUT2D eigenvalue weighted by Gasteiger charge is -2.09. The third-order valence-corrected chi connectivity index (χ3v) is 6.66. The number of aromatic nitrogens is 1. The summed E-state index contributed by atoms with van der Waals surface area (Å²) in [7, 11) is 0. The number of fused-ring (bicyclic) bond motifs is 1. The Bertz CT molecular complexity index is 1610. The van der Waals surface area contributed by atoms with Gasteiger partial charge in [-0.15, -0.1) is 11.3 Å². The quantitative estimate of drug-likeness (QED) is 0.225. The largest absolute Gasteiger partial charge is 0.484 e. The molecular formula is C25H16ClF2N3O5S. The van der Waals surface area contributed by atoms with Gasteiger partial charge in [-0.1, -0.05) is 23.7 Å². The molecule has 0 atom stereocenters. The third kappa shape index (κ3) is 4.91. The molecule has 4 heterocycles. The van der Waals surface area contributed by atoms with Crippen molar-refractivity contribution in [2.75, 3.05) is 5.32 Å². The Kier molecular flexibility index (Phi) is 6.64. The van der Waals surface area contributed by atoms with E-state index in [9.17, 15) is 18.4 Å². The zero-order valence-electron chi connectivity index (χ0n) is 18.7. The molecule has 5 rings (SSSR count). The molecule has 1 aromatic carbocycles. The van der Waals surface area contributed by atoms with E-state index < -0.39 is 23.9 Å². The molecule has 0 bridgehead atoms. The van der Waals surface area contributed by atoms with E-state index in [4.69, 9.17) is 30.9 Å². The zero-order valence-corrected chi connectivity index (χ0v) is 20.2. The fourth-order valence-corrected chi connectivity index (χ4v) is 4.82. The molecular weight excluding hydrogens is 528 g/mol. The van der Waals surface area contributed by atoms with Crippen molar-refractivity contribution in [3.8, 4) is 17.1 Å². The number of carbonyl (C=O) groups excluding carboxylic acids is 2. The predicted molar refractivity (Wildman–Crippen MR) is 133 cm³/mol. The molecule has 0 radical (unpaired) electrons. The Morgan fingerprint density at radius 1 is 1.16 bits per heavy atom. The second-order valence-electron chi connectivity index (χ2n) is 7.66. The summed E-state index contributed by atoms with van der Waals surface area (Å²) in [6.45, 7) is 0.00784. The molecule has 0 saturated heterocycles. The van der Waals surface area contributed by atoms with Crippen LogP contribution < -0.4 is 15.8 Å². The normalized spacial score (nSPS) is 11.2. The number of amides is 2. The second-order valence-corrected chi connectivity index (χ2v) is 9.07. The van der Waals surface area contributed by atoms with Crippen LogP contribution in [0.25, 0.3) is 21.5 Å². The number of nitrogens with two attached hydrogens (primary N) is 1. The smallest absolute Gasteiger partial charge is 0.291 e. The average molecular weight is 544 g/mol. The number of pyridine rings is 1. The minimum atomic E-state index is -2.87. The van der Waals surface area contributed by atoms with Crippen LogP contribution in [0, 0.1) is 0 Å². The highest BCUT2D eigenvalue weighted by Gasteiger charge is 2.26. The molecule has 188 valence electrons. The molecule has 0 unspecified atom stereocenters.